The third-order valence-corrected chi connectivity index (χ3v) is 4.51. The van der Waals surface area contributed by atoms with E-state index < -0.39 is 0 Å². The highest BCUT2D eigenvalue weighted by Crippen LogP contribution is 2.30. The van der Waals surface area contributed by atoms with E-state index in [-0.39, 0.29) is 5.91 Å². The van der Waals surface area contributed by atoms with E-state index in [9.17, 15) is 4.79 Å². The second kappa shape index (κ2) is 7.04. The number of carbonyl (C=O) groups is 1. The number of likely N-dealkylation sites (N-methyl/N-ethyl adjacent to an activating group) is 2. The molecule has 1 aliphatic rings. The first-order valence-electron chi connectivity index (χ1n) is 8.55. The lowest BCUT2D eigenvalue weighted by molar-refractivity contribution is -0.124. The van der Waals surface area contributed by atoms with Crippen LogP contribution in [-0.4, -0.2) is 43.0 Å². The van der Waals surface area contributed by atoms with Crippen molar-refractivity contribution >= 4 is 22.5 Å². The van der Waals surface area contributed by atoms with E-state index in [2.05, 4.69) is 29.1 Å². The SMILES string of the molecule is Cc1cc(N(C)CCN(C)C(=O)/C=C/C2CC2)c2ccccc2n1. The lowest BCUT2D eigenvalue weighted by atomic mass is 10.1. The van der Waals surface area contributed by atoms with Gasteiger partial charge in [0.1, 0.15) is 0 Å². The Morgan fingerprint density at radius 3 is 2.75 bits per heavy atom. The fourth-order valence-electron chi connectivity index (χ4n) is 2.77. The molecule has 126 valence electrons. The summed E-state index contributed by atoms with van der Waals surface area (Å²) in [6.45, 7) is 3.50. The lowest BCUT2D eigenvalue weighted by Crippen LogP contribution is -2.34. The quantitative estimate of drug-likeness (QED) is 0.765. The molecular formula is C20H25N3O. The molecule has 4 nitrogen and oxygen atoms in total. The van der Waals surface area contributed by atoms with Crippen LogP contribution in [0.4, 0.5) is 5.69 Å². The van der Waals surface area contributed by atoms with Crippen molar-refractivity contribution in [2.75, 3.05) is 32.1 Å². The number of allylic oxidation sites excluding steroid dienone is 1. The summed E-state index contributed by atoms with van der Waals surface area (Å²) in [5.41, 5.74) is 3.18. The van der Waals surface area contributed by atoms with Crippen molar-refractivity contribution in [1.29, 1.82) is 0 Å². The summed E-state index contributed by atoms with van der Waals surface area (Å²) in [6.07, 6.45) is 6.22. The Bertz CT molecular complexity index is 765. The predicted octanol–water partition coefficient (Wildman–Crippen LogP) is 3.40. The molecule has 1 heterocycles. The maximum Gasteiger partial charge on any atom is 0.246 e. The van der Waals surface area contributed by atoms with Crippen LogP contribution in [0.5, 0.6) is 0 Å². The summed E-state index contributed by atoms with van der Waals surface area (Å²) < 4.78 is 0. The van der Waals surface area contributed by atoms with E-state index in [0.29, 0.717) is 12.5 Å². The van der Waals surface area contributed by atoms with Crippen molar-refractivity contribution in [1.82, 2.24) is 9.88 Å². The molecule has 0 saturated heterocycles. The van der Waals surface area contributed by atoms with Crippen LogP contribution in [0.25, 0.3) is 10.9 Å². The van der Waals surface area contributed by atoms with Crippen LogP contribution < -0.4 is 4.90 Å². The summed E-state index contributed by atoms with van der Waals surface area (Å²) in [5.74, 6) is 0.724. The first kappa shape index (κ1) is 16.5. The number of aromatic nitrogens is 1. The van der Waals surface area contributed by atoms with Crippen molar-refractivity contribution in [3.63, 3.8) is 0 Å². The summed E-state index contributed by atoms with van der Waals surface area (Å²) >= 11 is 0. The molecule has 24 heavy (non-hydrogen) atoms. The number of benzene rings is 1. The summed E-state index contributed by atoms with van der Waals surface area (Å²) in [5, 5.41) is 1.15. The molecule has 0 unspecified atom stereocenters. The molecule has 1 saturated carbocycles. The van der Waals surface area contributed by atoms with E-state index in [0.717, 1.165) is 28.8 Å². The van der Waals surface area contributed by atoms with Gasteiger partial charge in [-0.2, -0.15) is 0 Å². The monoisotopic (exact) mass is 323 g/mol. The Morgan fingerprint density at radius 2 is 2.00 bits per heavy atom. The highest BCUT2D eigenvalue weighted by Gasteiger charge is 2.18. The van der Waals surface area contributed by atoms with Gasteiger partial charge < -0.3 is 9.80 Å². The molecule has 1 aromatic heterocycles. The molecule has 0 N–H and O–H groups in total. The van der Waals surface area contributed by atoms with Crippen LogP contribution >= 0.6 is 0 Å². The molecule has 0 aliphatic heterocycles. The van der Waals surface area contributed by atoms with Crippen LogP contribution in [0.15, 0.2) is 42.5 Å². The average Bonchev–Trinajstić information content (AvgIpc) is 3.40. The zero-order chi connectivity index (χ0) is 17.1. The van der Waals surface area contributed by atoms with E-state index in [1.807, 2.05) is 38.2 Å². The first-order chi connectivity index (χ1) is 11.5. The van der Waals surface area contributed by atoms with Gasteiger partial charge in [0.2, 0.25) is 5.91 Å². The van der Waals surface area contributed by atoms with E-state index in [1.165, 1.54) is 12.8 Å². The van der Waals surface area contributed by atoms with Gasteiger partial charge in [-0.25, -0.2) is 0 Å². The molecule has 3 rings (SSSR count). The maximum absolute atomic E-state index is 12.1. The molecule has 0 bridgehead atoms. The number of pyridine rings is 1. The number of rotatable bonds is 6. The van der Waals surface area contributed by atoms with E-state index >= 15 is 0 Å². The fourth-order valence-corrected chi connectivity index (χ4v) is 2.77. The third kappa shape index (κ3) is 3.94. The molecule has 0 atom stereocenters. The van der Waals surface area contributed by atoms with Gasteiger partial charge in [0.25, 0.3) is 0 Å². The van der Waals surface area contributed by atoms with Crippen molar-refractivity contribution in [2.45, 2.75) is 19.8 Å². The minimum atomic E-state index is 0.0890. The number of para-hydroxylation sites is 1. The Labute approximate surface area is 143 Å². The number of amides is 1. The molecule has 0 spiro atoms. The highest BCUT2D eigenvalue weighted by atomic mass is 16.2. The fraction of sp³-hybridized carbons (Fsp3) is 0.400. The Hall–Kier alpha value is -2.36. The van der Waals surface area contributed by atoms with E-state index in [1.54, 1.807) is 11.0 Å². The van der Waals surface area contributed by atoms with Gasteiger partial charge in [-0.3, -0.25) is 9.78 Å². The molecule has 0 radical (unpaired) electrons. The van der Waals surface area contributed by atoms with Gasteiger partial charge in [-0.15, -0.1) is 0 Å². The number of aryl methyl sites for hydroxylation is 1. The molecule has 1 fully saturated rings. The lowest BCUT2D eigenvalue weighted by Gasteiger charge is -2.24. The Kier molecular flexibility index (Phi) is 4.84. The molecule has 1 aromatic carbocycles. The Balaban J connectivity index is 1.66. The van der Waals surface area contributed by atoms with Gasteiger partial charge in [-0.1, -0.05) is 24.3 Å². The number of fused-ring (bicyclic) bond motifs is 1. The molecule has 4 heteroatoms. The van der Waals surface area contributed by atoms with Crippen LogP contribution in [-0.2, 0) is 4.79 Å². The zero-order valence-electron chi connectivity index (χ0n) is 14.7. The molecule has 1 aliphatic carbocycles. The standard InChI is InChI=1S/C20H25N3O/c1-15-14-19(17-6-4-5-7-18(17)21-15)22(2)12-13-23(3)20(24)11-10-16-8-9-16/h4-7,10-11,14,16H,8-9,12-13H2,1-3H3/b11-10+. The van der Waals surface area contributed by atoms with Gasteiger partial charge in [-0.05, 0) is 43.9 Å². The smallest absolute Gasteiger partial charge is 0.246 e. The number of hydrogen-bond donors (Lipinski definition) is 0. The molecule has 2 aromatic rings. The summed E-state index contributed by atoms with van der Waals surface area (Å²) in [7, 11) is 3.93. The zero-order valence-corrected chi connectivity index (χ0v) is 14.7. The predicted molar refractivity (Wildman–Crippen MR) is 99.3 cm³/mol. The third-order valence-electron chi connectivity index (χ3n) is 4.51. The van der Waals surface area contributed by atoms with Gasteiger partial charge in [0.05, 0.1) is 5.52 Å². The van der Waals surface area contributed by atoms with Gasteiger partial charge >= 0.3 is 0 Å². The minimum absolute atomic E-state index is 0.0890. The van der Waals surface area contributed by atoms with Gasteiger partial charge in [0, 0.05) is 44.0 Å². The van der Waals surface area contributed by atoms with Crippen LogP contribution in [0.1, 0.15) is 18.5 Å². The second-order valence-electron chi connectivity index (χ2n) is 6.68. The highest BCUT2D eigenvalue weighted by molar-refractivity contribution is 5.92. The maximum atomic E-state index is 12.1. The normalized spacial score (nSPS) is 14.3. The number of nitrogens with zero attached hydrogens (tertiary/aromatic N) is 3. The van der Waals surface area contributed by atoms with Crippen LogP contribution in [0.2, 0.25) is 0 Å². The van der Waals surface area contributed by atoms with Crippen LogP contribution in [0, 0.1) is 12.8 Å². The molecular weight excluding hydrogens is 298 g/mol. The number of anilines is 1. The van der Waals surface area contributed by atoms with Crippen molar-refractivity contribution in [2.24, 2.45) is 5.92 Å². The number of hydrogen-bond acceptors (Lipinski definition) is 3. The topological polar surface area (TPSA) is 36.4 Å². The van der Waals surface area contributed by atoms with Crippen molar-refractivity contribution in [3.8, 4) is 0 Å². The molecule has 1 amide bonds. The summed E-state index contributed by atoms with van der Waals surface area (Å²) in [4.78, 5) is 20.7. The van der Waals surface area contributed by atoms with E-state index in [4.69, 9.17) is 0 Å². The minimum Gasteiger partial charge on any atom is -0.372 e. The van der Waals surface area contributed by atoms with Crippen molar-refractivity contribution in [3.05, 3.63) is 48.2 Å². The van der Waals surface area contributed by atoms with Gasteiger partial charge in [0.15, 0.2) is 0 Å². The largest absolute Gasteiger partial charge is 0.372 e. The Morgan fingerprint density at radius 1 is 1.25 bits per heavy atom. The number of carbonyl (C=O) groups excluding carboxylic acids is 1. The van der Waals surface area contributed by atoms with Crippen molar-refractivity contribution < 1.29 is 4.79 Å². The summed E-state index contributed by atoms with van der Waals surface area (Å²) in [6, 6.07) is 10.3. The van der Waals surface area contributed by atoms with Crippen LogP contribution in [0.3, 0.4) is 0 Å². The average molecular weight is 323 g/mol. The second-order valence-corrected chi connectivity index (χ2v) is 6.68. The first-order valence-corrected chi connectivity index (χ1v) is 8.55.